The maximum Gasteiger partial charge on any atom is 0.149 e. The first-order valence-electron chi connectivity index (χ1n) is 7.45. The number of anilines is 1. The summed E-state index contributed by atoms with van der Waals surface area (Å²) in [6.45, 7) is 3.83. The van der Waals surface area contributed by atoms with Crippen LogP contribution in [0.25, 0.3) is 0 Å². The number of rotatable bonds is 4. The Bertz CT molecular complexity index is 683. The summed E-state index contributed by atoms with van der Waals surface area (Å²) in [6, 6.07) is 4.13. The van der Waals surface area contributed by atoms with Gasteiger partial charge in [-0.2, -0.15) is 0 Å². The maximum atomic E-state index is 6.13. The standard InChI is InChI=1S/C15H19Br2N5/c1-9(15-21-20-13-4-2-3-5-22(13)15)19-8-10-6-11(16)7-12(17)14(10)18/h6-7,9,19H,2-5,8,18H2,1H3/t9-/m1/s1. The number of hydrogen-bond acceptors (Lipinski definition) is 4. The molecule has 118 valence electrons. The topological polar surface area (TPSA) is 68.8 Å². The van der Waals surface area contributed by atoms with E-state index in [9.17, 15) is 0 Å². The van der Waals surface area contributed by atoms with E-state index in [-0.39, 0.29) is 6.04 Å². The molecule has 0 radical (unpaired) electrons. The van der Waals surface area contributed by atoms with E-state index in [1.165, 1.54) is 12.8 Å². The molecule has 3 rings (SSSR count). The number of nitrogens with two attached hydrogens (primary N) is 1. The molecule has 0 spiro atoms. The van der Waals surface area contributed by atoms with Crippen LogP contribution in [-0.2, 0) is 19.5 Å². The van der Waals surface area contributed by atoms with Gasteiger partial charge >= 0.3 is 0 Å². The number of aromatic nitrogens is 3. The number of fused-ring (bicyclic) bond motifs is 1. The van der Waals surface area contributed by atoms with Crippen molar-refractivity contribution >= 4 is 37.5 Å². The zero-order valence-electron chi connectivity index (χ0n) is 12.4. The van der Waals surface area contributed by atoms with Crippen LogP contribution in [0.4, 0.5) is 5.69 Å². The van der Waals surface area contributed by atoms with Gasteiger partial charge in [0, 0.05) is 28.5 Å². The molecule has 1 atom stereocenters. The van der Waals surface area contributed by atoms with Crippen LogP contribution in [0.3, 0.4) is 0 Å². The molecule has 0 amide bonds. The van der Waals surface area contributed by atoms with E-state index in [1.54, 1.807) is 0 Å². The van der Waals surface area contributed by atoms with Gasteiger partial charge in [0.15, 0.2) is 0 Å². The Morgan fingerprint density at radius 3 is 2.95 bits per heavy atom. The Morgan fingerprint density at radius 1 is 1.32 bits per heavy atom. The van der Waals surface area contributed by atoms with Gasteiger partial charge in [-0.1, -0.05) is 15.9 Å². The second-order valence-electron chi connectivity index (χ2n) is 5.65. The lowest BCUT2D eigenvalue weighted by molar-refractivity contribution is 0.465. The molecular formula is C15H19Br2N5. The Hall–Kier alpha value is -0.920. The molecule has 1 aliphatic heterocycles. The molecule has 0 saturated heterocycles. The van der Waals surface area contributed by atoms with Gasteiger partial charge in [0.1, 0.15) is 11.6 Å². The molecule has 0 bridgehead atoms. The van der Waals surface area contributed by atoms with E-state index < -0.39 is 0 Å². The zero-order chi connectivity index (χ0) is 15.7. The van der Waals surface area contributed by atoms with Crippen molar-refractivity contribution in [1.29, 1.82) is 0 Å². The van der Waals surface area contributed by atoms with E-state index in [1.807, 2.05) is 12.1 Å². The quantitative estimate of drug-likeness (QED) is 0.730. The summed E-state index contributed by atoms with van der Waals surface area (Å²) in [5.74, 6) is 2.13. The van der Waals surface area contributed by atoms with Crippen molar-refractivity contribution < 1.29 is 0 Å². The van der Waals surface area contributed by atoms with Crippen molar-refractivity contribution in [1.82, 2.24) is 20.1 Å². The molecule has 0 aliphatic carbocycles. The molecular weight excluding hydrogens is 410 g/mol. The highest BCUT2D eigenvalue weighted by molar-refractivity contribution is 9.11. The van der Waals surface area contributed by atoms with Crippen molar-refractivity contribution in [3.63, 3.8) is 0 Å². The number of hydrogen-bond donors (Lipinski definition) is 2. The van der Waals surface area contributed by atoms with E-state index in [4.69, 9.17) is 5.73 Å². The van der Waals surface area contributed by atoms with Gasteiger partial charge in [-0.3, -0.25) is 0 Å². The zero-order valence-corrected chi connectivity index (χ0v) is 15.6. The number of nitrogens with zero attached hydrogens (tertiary/aromatic N) is 3. The van der Waals surface area contributed by atoms with Crippen molar-refractivity contribution in [2.75, 3.05) is 5.73 Å². The molecule has 3 N–H and O–H groups in total. The summed E-state index contributed by atoms with van der Waals surface area (Å²) >= 11 is 6.99. The van der Waals surface area contributed by atoms with Gasteiger partial charge in [0.2, 0.25) is 0 Å². The predicted molar refractivity (Wildman–Crippen MR) is 94.5 cm³/mol. The third-order valence-electron chi connectivity index (χ3n) is 4.05. The number of benzene rings is 1. The average molecular weight is 429 g/mol. The molecule has 0 unspecified atom stereocenters. The first kappa shape index (κ1) is 16.0. The van der Waals surface area contributed by atoms with Crippen LogP contribution in [0, 0.1) is 0 Å². The first-order valence-corrected chi connectivity index (χ1v) is 9.03. The summed E-state index contributed by atoms with van der Waals surface area (Å²) in [7, 11) is 0. The summed E-state index contributed by atoms with van der Waals surface area (Å²) in [6.07, 6.45) is 3.45. The summed E-state index contributed by atoms with van der Waals surface area (Å²) in [5, 5.41) is 12.2. The Kier molecular flexibility index (Phi) is 4.84. The van der Waals surface area contributed by atoms with Crippen LogP contribution in [0.1, 0.15) is 43.0 Å². The molecule has 0 saturated carbocycles. The third-order valence-corrected chi connectivity index (χ3v) is 5.17. The number of aryl methyl sites for hydroxylation is 1. The molecule has 1 aromatic carbocycles. The van der Waals surface area contributed by atoms with Crippen LogP contribution in [0.2, 0.25) is 0 Å². The van der Waals surface area contributed by atoms with E-state index in [0.29, 0.717) is 6.54 Å². The fourth-order valence-corrected chi connectivity index (χ4v) is 4.10. The molecule has 22 heavy (non-hydrogen) atoms. The van der Waals surface area contributed by atoms with Gasteiger partial charge < -0.3 is 15.6 Å². The largest absolute Gasteiger partial charge is 0.398 e. The van der Waals surface area contributed by atoms with Crippen LogP contribution in [0.5, 0.6) is 0 Å². The van der Waals surface area contributed by atoms with Gasteiger partial charge in [0.05, 0.1) is 11.7 Å². The predicted octanol–water partition coefficient (Wildman–Crippen LogP) is 3.57. The fraction of sp³-hybridized carbons (Fsp3) is 0.467. The van der Waals surface area contributed by atoms with Crippen LogP contribution >= 0.6 is 31.9 Å². The summed E-state index contributed by atoms with van der Waals surface area (Å²) in [5.41, 5.74) is 7.96. The van der Waals surface area contributed by atoms with Crippen molar-refractivity contribution in [3.8, 4) is 0 Å². The number of halogens is 2. The number of nitrogens with one attached hydrogen (secondary N) is 1. The summed E-state index contributed by atoms with van der Waals surface area (Å²) in [4.78, 5) is 0. The molecule has 2 aromatic rings. The minimum Gasteiger partial charge on any atom is -0.398 e. The van der Waals surface area contributed by atoms with E-state index >= 15 is 0 Å². The smallest absolute Gasteiger partial charge is 0.149 e. The van der Waals surface area contributed by atoms with Gasteiger partial charge in [-0.25, -0.2) is 0 Å². The average Bonchev–Trinajstić information content (AvgIpc) is 2.93. The molecule has 1 aliphatic rings. The van der Waals surface area contributed by atoms with E-state index in [2.05, 4.69) is 58.9 Å². The normalized spacial score (nSPS) is 15.6. The third kappa shape index (κ3) is 3.21. The molecule has 7 heteroatoms. The molecule has 0 fully saturated rings. The molecule has 5 nitrogen and oxygen atoms in total. The molecule has 2 heterocycles. The van der Waals surface area contributed by atoms with Crippen molar-refractivity contribution in [3.05, 3.63) is 38.3 Å². The van der Waals surface area contributed by atoms with Crippen molar-refractivity contribution in [2.24, 2.45) is 0 Å². The minimum atomic E-state index is 0.136. The SMILES string of the molecule is C[C@@H](NCc1cc(Br)cc(Br)c1N)c1nnc2n1CCCC2. The lowest BCUT2D eigenvalue weighted by Crippen LogP contribution is -2.24. The Labute approximate surface area is 146 Å². The van der Waals surface area contributed by atoms with Gasteiger partial charge in [-0.15, -0.1) is 10.2 Å². The van der Waals surface area contributed by atoms with Crippen LogP contribution < -0.4 is 11.1 Å². The van der Waals surface area contributed by atoms with Gasteiger partial charge in [-0.05, 0) is 53.4 Å². The highest BCUT2D eigenvalue weighted by Crippen LogP contribution is 2.28. The minimum absolute atomic E-state index is 0.136. The Morgan fingerprint density at radius 2 is 2.14 bits per heavy atom. The van der Waals surface area contributed by atoms with Crippen LogP contribution in [-0.4, -0.2) is 14.8 Å². The van der Waals surface area contributed by atoms with Crippen molar-refractivity contribution in [2.45, 2.75) is 45.3 Å². The van der Waals surface area contributed by atoms with E-state index in [0.717, 1.165) is 44.8 Å². The Balaban J connectivity index is 1.73. The van der Waals surface area contributed by atoms with Gasteiger partial charge in [0.25, 0.3) is 0 Å². The number of nitrogen functional groups attached to an aromatic ring is 1. The fourth-order valence-electron chi connectivity index (χ4n) is 2.79. The highest BCUT2D eigenvalue weighted by atomic mass is 79.9. The lowest BCUT2D eigenvalue weighted by atomic mass is 10.1. The monoisotopic (exact) mass is 427 g/mol. The lowest BCUT2D eigenvalue weighted by Gasteiger charge is -2.19. The van der Waals surface area contributed by atoms with Crippen LogP contribution in [0.15, 0.2) is 21.1 Å². The second-order valence-corrected chi connectivity index (χ2v) is 7.42. The maximum absolute atomic E-state index is 6.13. The second kappa shape index (κ2) is 6.68. The first-order chi connectivity index (χ1) is 10.6. The molecule has 1 aromatic heterocycles. The summed E-state index contributed by atoms with van der Waals surface area (Å²) < 4.78 is 4.17. The highest BCUT2D eigenvalue weighted by Gasteiger charge is 2.20.